The van der Waals surface area contributed by atoms with E-state index in [1.807, 2.05) is 18.3 Å². The molecule has 1 aromatic heterocycles. The highest BCUT2D eigenvalue weighted by atomic mass is 16.3. The molecule has 18 heavy (non-hydrogen) atoms. The highest BCUT2D eigenvalue weighted by molar-refractivity contribution is 5.23. The SMILES string of the molecule is CC1(C)C(C(O)C(CN)c2cccnc2)C1(C)C. The van der Waals surface area contributed by atoms with Gasteiger partial charge in [0, 0.05) is 24.9 Å². The Hall–Kier alpha value is -0.930. The van der Waals surface area contributed by atoms with Crippen LogP contribution < -0.4 is 5.73 Å². The summed E-state index contributed by atoms with van der Waals surface area (Å²) in [5.74, 6) is 0.267. The highest BCUT2D eigenvalue weighted by Crippen LogP contribution is 2.70. The van der Waals surface area contributed by atoms with Gasteiger partial charge in [-0.1, -0.05) is 33.8 Å². The van der Waals surface area contributed by atoms with E-state index in [4.69, 9.17) is 5.73 Å². The van der Waals surface area contributed by atoms with Crippen LogP contribution in [0.4, 0.5) is 0 Å². The molecule has 3 nitrogen and oxygen atoms in total. The third-order valence-electron chi connectivity index (χ3n) is 5.25. The number of hydrogen-bond acceptors (Lipinski definition) is 3. The first-order chi connectivity index (χ1) is 8.34. The molecule has 3 heteroatoms. The van der Waals surface area contributed by atoms with E-state index in [2.05, 4.69) is 32.7 Å². The van der Waals surface area contributed by atoms with E-state index in [1.165, 1.54) is 0 Å². The van der Waals surface area contributed by atoms with Gasteiger partial charge in [-0.05, 0) is 28.4 Å². The Morgan fingerprint density at radius 2 is 1.94 bits per heavy atom. The lowest BCUT2D eigenvalue weighted by Crippen LogP contribution is -2.29. The predicted molar refractivity (Wildman–Crippen MR) is 73.1 cm³/mol. The molecule has 1 aromatic rings. The molecule has 0 saturated heterocycles. The zero-order valence-corrected chi connectivity index (χ0v) is 11.7. The standard InChI is InChI=1S/C15H24N2O/c1-14(2)13(15(14,3)4)12(18)11(8-16)10-6-5-7-17-9-10/h5-7,9,11-13,18H,8,16H2,1-4H3. The summed E-state index contributed by atoms with van der Waals surface area (Å²) in [4.78, 5) is 4.12. The maximum atomic E-state index is 10.7. The fraction of sp³-hybridized carbons (Fsp3) is 0.667. The molecule has 2 unspecified atom stereocenters. The van der Waals surface area contributed by atoms with E-state index >= 15 is 0 Å². The minimum absolute atomic E-state index is 0.0234. The lowest BCUT2D eigenvalue weighted by atomic mass is 9.89. The molecule has 1 aliphatic rings. The Morgan fingerprint density at radius 1 is 1.33 bits per heavy atom. The quantitative estimate of drug-likeness (QED) is 0.858. The molecule has 2 rings (SSSR count). The predicted octanol–water partition coefficient (Wildman–Crippen LogP) is 2.17. The second kappa shape index (κ2) is 4.32. The van der Waals surface area contributed by atoms with Crippen molar-refractivity contribution in [1.82, 2.24) is 4.98 Å². The van der Waals surface area contributed by atoms with Crippen LogP contribution in [0.2, 0.25) is 0 Å². The van der Waals surface area contributed by atoms with Crippen LogP contribution in [0.1, 0.15) is 39.2 Å². The summed E-state index contributed by atoms with van der Waals surface area (Å²) in [5, 5.41) is 10.7. The lowest BCUT2D eigenvalue weighted by Gasteiger charge is -2.23. The Morgan fingerprint density at radius 3 is 2.33 bits per heavy atom. The summed E-state index contributed by atoms with van der Waals surface area (Å²) in [6.45, 7) is 9.33. The number of pyridine rings is 1. The first kappa shape index (κ1) is 13.5. The molecular formula is C15H24N2O. The van der Waals surface area contributed by atoms with Gasteiger partial charge in [-0.15, -0.1) is 0 Å². The van der Waals surface area contributed by atoms with Gasteiger partial charge in [-0.25, -0.2) is 0 Å². The molecule has 100 valence electrons. The second-order valence-electron chi connectivity index (χ2n) is 6.54. The van der Waals surface area contributed by atoms with Gasteiger partial charge in [0.2, 0.25) is 0 Å². The summed E-state index contributed by atoms with van der Waals surface area (Å²) in [7, 11) is 0. The number of hydrogen-bond donors (Lipinski definition) is 2. The van der Waals surface area contributed by atoms with E-state index in [1.54, 1.807) is 6.20 Å². The topological polar surface area (TPSA) is 59.1 Å². The molecule has 1 heterocycles. The normalized spacial score (nSPS) is 24.6. The van der Waals surface area contributed by atoms with Gasteiger partial charge in [0.15, 0.2) is 0 Å². The second-order valence-corrected chi connectivity index (χ2v) is 6.54. The van der Waals surface area contributed by atoms with Crippen LogP contribution in [0.25, 0.3) is 0 Å². The van der Waals surface area contributed by atoms with Crippen LogP contribution in [0.15, 0.2) is 24.5 Å². The summed E-state index contributed by atoms with van der Waals surface area (Å²) >= 11 is 0. The molecule has 1 aliphatic carbocycles. The van der Waals surface area contributed by atoms with Crippen molar-refractivity contribution in [3.8, 4) is 0 Å². The van der Waals surface area contributed by atoms with Gasteiger partial charge < -0.3 is 10.8 Å². The smallest absolute Gasteiger partial charge is 0.0660 e. The number of nitrogens with two attached hydrogens (primary N) is 1. The third-order valence-corrected chi connectivity index (χ3v) is 5.25. The zero-order valence-electron chi connectivity index (χ0n) is 11.7. The first-order valence-corrected chi connectivity index (χ1v) is 6.62. The van der Waals surface area contributed by atoms with Crippen molar-refractivity contribution in [2.45, 2.75) is 39.7 Å². The molecule has 1 saturated carbocycles. The summed E-state index contributed by atoms with van der Waals surface area (Å²) in [6, 6.07) is 3.89. The summed E-state index contributed by atoms with van der Waals surface area (Å²) in [6.07, 6.45) is 3.15. The summed E-state index contributed by atoms with van der Waals surface area (Å²) in [5.41, 5.74) is 7.23. The van der Waals surface area contributed by atoms with Crippen molar-refractivity contribution in [3.05, 3.63) is 30.1 Å². The van der Waals surface area contributed by atoms with Crippen molar-refractivity contribution in [3.63, 3.8) is 0 Å². The fourth-order valence-electron chi connectivity index (χ4n) is 3.40. The molecule has 2 atom stereocenters. The van der Waals surface area contributed by atoms with Gasteiger partial charge in [-0.3, -0.25) is 4.98 Å². The van der Waals surface area contributed by atoms with Gasteiger partial charge in [-0.2, -0.15) is 0 Å². The van der Waals surface area contributed by atoms with E-state index < -0.39 is 6.10 Å². The van der Waals surface area contributed by atoms with E-state index in [-0.39, 0.29) is 16.7 Å². The number of aliphatic hydroxyl groups excluding tert-OH is 1. The van der Waals surface area contributed by atoms with Crippen molar-refractivity contribution < 1.29 is 5.11 Å². The van der Waals surface area contributed by atoms with Gasteiger partial charge in [0.05, 0.1) is 6.10 Å². The average Bonchev–Trinajstić information content (AvgIpc) is 2.71. The van der Waals surface area contributed by atoms with Crippen LogP contribution in [-0.4, -0.2) is 22.7 Å². The molecule has 0 amide bonds. The van der Waals surface area contributed by atoms with E-state index in [9.17, 15) is 5.11 Å². The van der Waals surface area contributed by atoms with E-state index in [0.29, 0.717) is 12.5 Å². The number of aromatic nitrogens is 1. The molecular weight excluding hydrogens is 224 g/mol. The molecule has 0 bridgehead atoms. The Balaban J connectivity index is 2.21. The molecule has 0 spiro atoms. The lowest BCUT2D eigenvalue weighted by molar-refractivity contribution is 0.102. The minimum atomic E-state index is -0.399. The summed E-state index contributed by atoms with van der Waals surface area (Å²) < 4.78 is 0. The van der Waals surface area contributed by atoms with Crippen molar-refractivity contribution >= 4 is 0 Å². The highest BCUT2D eigenvalue weighted by Gasteiger charge is 2.67. The van der Waals surface area contributed by atoms with Gasteiger partial charge in [0.1, 0.15) is 0 Å². The first-order valence-electron chi connectivity index (χ1n) is 6.62. The molecule has 0 radical (unpaired) electrons. The minimum Gasteiger partial charge on any atom is -0.392 e. The van der Waals surface area contributed by atoms with Gasteiger partial charge >= 0.3 is 0 Å². The van der Waals surface area contributed by atoms with Crippen molar-refractivity contribution in [1.29, 1.82) is 0 Å². The molecule has 3 N–H and O–H groups in total. The van der Waals surface area contributed by atoms with Crippen LogP contribution in [0.3, 0.4) is 0 Å². The largest absolute Gasteiger partial charge is 0.392 e. The van der Waals surface area contributed by atoms with Crippen LogP contribution in [-0.2, 0) is 0 Å². The van der Waals surface area contributed by atoms with Crippen molar-refractivity contribution in [2.24, 2.45) is 22.5 Å². The third kappa shape index (κ3) is 1.86. The van der Waals surface area contributed by atoms with E-state index in [0.717, 1.165) is 5.56 Å². The Bertz CT molecular complexity index is 400. The Labute approximate surface area is 109 Å². The maximum absolute atomic E-state index is 10.7. The number of nitrogens with zero attached hydrogens (tertiary/aromatic N) is 1. The Kier molecular flexibility index (Phi) is 3.24. The maximum Gasteiger partial charge on any atom is 0.0660 e. The molecule has 0 aromatic carbocycles. The van der Waals surface area contributed by atoms with Crippen LogP contribution >= 0.6 is 0 Å². The van der Waals surface area contributed by atoms with Crippen molar-refractivity contribution in [2.75, 3.05) is 6.54 Å². The fourth-order valence-corrected chi connectivity index (χ4v) is 3.40. The molecule has 0 aliphatic heterocycles. The number of rotatable bonds is 4. The zero-order chi connectivity index (χ0) is 13.6. The number of aliphatic hydroxyl groups is 1. The average molecular weight is 248 g/mol. The molecule has 1 fully saturated rings. The van der Waals surface area contributed by atoms with Gasteiger partial charge in [0.25, 0.3) is 0 Å². The monoisotopic (exact) mass is 248 g/mol. The van der Waals surface area contributed by atoms with Crippen LogP contribution in [0, 0.1) is 16.7 Å². The van der Waals surface area contributed by atoms with Crippen LogP contribution in [0.5, 0.6) is 0 Å².